The first kappa shape index (κ1) is 15.2. The summed E-state index contributed by atoms with van der Waals surface area (Å²) in [4.78, 5) is 15.0. The smallest absolute Gasteiger partial charge is 0.238 e. The van der Waals surface area contributed by atoms with Crippen molar-refractivity contribution in [3.05, 3.63) is 66.1 Å². The molecule has 4 nitrogen and oxygen atoms in total. The van der Waals surface area contributed by atoms with Crippen molar-refractivity contribution in [2.24, 2.45) is 0 Å². The van der Waals surface area contributed by atoms with Crippen molar-refractivity contribution in [2.75, 3.05) is 18.4 Å². The molecule has 0 saturated carbocycles. The fourth-order valence-corrected chi connectivity index (χ4v) is 2.53. The summed E-state index contributed by atoms with van der Waals surface area (Å²) in [7, 11) is 0. The molecular weight excluding hydrogens is 293 g/mol. The van der Waals surface area contributed by atoms with Gasteiger partial charge in [0.2, 0.25) is 5.91 Å². The molecule has 5 heteroatoms. The first-order chi connectivity index (χ1) is 11.2. The Labute approximate surface area is 133 Å². The maximum Gasteiger partial charge on any atom is 0.238 e. The Kier molecular flexibility index (Phi) is 4.68. The number of aromatic nitrogens is 1. The van der Waals surface area contributed by atoms with E-state index >= 15 is 0 Å². The lowest BCUT2D eigenvalue weighted by Crippen LogP contribution is -2.29. The van der Waals surface area contributed by atoms with Gasteiger partial charge in [0.25, 0.3) is 0 Å². The van der Waals surface area contributed by atoms with Gasteiger partial charge in [0, 0.05) is 22.8 Å². The number of rotatable bonds is 6. The lowest BCUT2D eigenvalue weighted by atomic mass is 10.1. The number of H-pyrrole nitrogens is 1. The van der Waals surface area contributed by atoms with Crippen molar-refractivity contribution in [3.8, 4) is 0 Å². The van der Waals surface area contributed by atoms with E-state index < -0.39 is 0 Å². The van der Waals surface area contributed by atoms with Crippen molar-refractivity contribution in [1.29, 1.82) is 0 Å². The minimum Gasteiger partial charge on any atom is -0.361 e. The van der Waals surface area contributed by atoms with E-state index in [0.29, 0.717) is 12.2 Å². The van der Waals surface area contributed by atoms with Gasteiger partial charge < -0.3 is 15.6 Å². The molecule has 0 radical (unpaired) electrons. The Morgan fingerprint density at radius 1 is 1.13 bits per heavy atom. The van der Waals surface area contributed by atoms with Crippen molar-refractivity contribution in [1.82, 2.24) is 10.3 Å². The van der Waals surface area contributed by atoms with Crippen LogP contribution < -0.4 is 10.6 Å². The molecule has 0 unspecified atom stereocenters. The molecule has 0 spiro atoms. The number of halogens is 1. The van der Waals surface area contributed by atoms with Gasteiger partial charge in [-0.3, -0.25) is 4.79 Å². The fraction of sp³-hybridized carbons (Fsp3) is 0.167. The maximum atomic E-state index is 13.0. The van der Waals surface area contributed by atoms with E-state index in [1.54, 1.807) is 12.1 Å². The molecule has 2 aromatic carbocycles. The third-order valence-electron chi connectivity index (χ3n) is 3.64. The molecule has 1 amide bonds. The average molecular weight is 311 g/mol. The van der Waals surface area contributed by atoms with Crippen LogP contribution in [0.1, 0.15) is 5.56 Å². The minimum atomic E-state index is -0.366. The Bertz CT molecular complexity index is 813. The molecule has 0 aliphatic rings. The first-order valence-electron chi connectivity index (χ1n) is 7.53. The third kappa shape index (κ3) is 3.96. The third-order valence-corrected chi connectivity index (χ3v) is 3.64. The van der Waals surface area contributed by atoms with Crippen LogP contribution in [0.5, 0.6) is 0 Å². The van der Waals surface area contributed by atoms with Crippen LogP contribution in [0.3, 0.4) is 0 Å². The summed E-state index contributed by atoms with van der Waals surface area (Å²) in [6.45, 7) is 0.886. The van der Waals surface area contributed by atoms with E-state index in [2.05, 4.69) is 21.7 Å². The lowest BCUT2D eigenvalue weighted by molar-refractivity contribution is -0.115. The molecule has 3 N–H and O–H groups in total. The van der Waals surface area contributed by atoms with E-state index in [4.69, 9.17) is 0 Å². The number of carbonyl (C=O) groups excluding carboxylic acids is 1. The summed E-state index contributed by atoms with van der Waals surface area (Å²) < 4.78 is 13.0. The van der Waals surface area contributed by atoms with Crippen molar-refractivity contribution in [2.45, 2.75) is 6.42 Å². The van der Waals surface area contributed by atoms with Gasteiger partial charge in [0.1, 0.15) is 5.82 Å². The predicted molar refractivity (Wildman–Crippen MR) is 89.9 cm³/mol. The minimum absolute atomic E-state index is 0.186. The van der Waals surface area contributed by atoms with E-state index in [0.717, 1.165) is 11.9 Å². The second-order valence-corrected chi connectivity index (χ2v) is 5.34. The van der Waals surface area contributed by atoms with Gasteiger partial charge in [-0.2, -0.15) is 0 Å². The standard InChI is InChI=1S/C18H18FN3O/c19-14-4-3-5-15(10-14)22-18(23)12-20-9-8-13-11-21-17-7-2-1-6-16(13)17/h1-7,10-11,20-21H,8-9,12H2,(H,22,23). The topological polar surface area (TPSA) is 56.9 Å². The second-order valence-electron chi connectivity index (χ2n) is 5.34. The van der Waals surface area contributed by atoms with Crippen LogP contribution in [-0.4, -0.2) is 24.0 Å². The second kappa shape index (κ2) is 7.07. The predicted octanol–water partition coefficient (Wildman–Crippen LogP) is 3.08. The molecule has 0 atom stereocenters. The number of carbonyl (C=O) groups is 1. The van der Waals surface area contributed by atoms with Crippen LogP contribution in [0.4, 0.5) is 10.1 Å². The molecule has 0 bridgehead atoms. The zero-order valence-corrected chi connectivity index (χ0v) is 12.6. The molecule has 3 rings (SSSR count). The first-order valence-corrected chi connectivity index (χ1v) is 7.53. The molecule has 23 heavy (non-hydrogen) atoms. The molecule has 1 aromatic heterocycles. The summed E-state index contributed by atoms with van der Waals surface area (Å²) in [5, 5.41) is 6.97. The van der Waals surface area contributed by atoms with Gasteiger partial charge in [0.05, 0.1) is 6.54 Å². The maximum absolute atomic E-state index is 13.0. The van der Waals surface area contributed by atoms with Crippen molar-refractivity contribution in [3.63, 3.8) is 0 Å². The SMILES string of the molecule is O=C(CNCCc1c[nH]c2ccccc12)Nc1cccc(F)c1. The number of benzene rings is 2. The van der Waals surface area contributed by atoms with Gasteiger partial charge in [-0.25, -0.2) is 4.39 Å². The quantitative estimate of drug-likeness (QED) is 0.613. The number of anilines is 1. The summed E-state index contributed by atoms with van der Waals surface area (Å²) >= 11 is 0. The van der Waals surface area contributed by atoms with Gasteiger partial charge in [-0.15, -0.1) is 0 Å². The van der Waals surface area contributed by atoms with E-state index in [1.807, 2.05) is 24.4 Å². The summed E-state index contributed by atoms with van der Waals surface area (Å²) in [6, 6.07) is 14.0. The molecule has 0 fully saturated rings. The molecule has 118 valence electrons. The highest BCUT2D eigenvalue weighted by molar-refractivity contribution is 5.92. The summed E-state index contributed by atoms with van der Waals surface area (Å²) in [6.07, 6.45) is 2.83. The zero-order chi connectivity index (χ0) is 16.1. The molecule has 3 aromatic rings. The summed E-state index contributed by atoms with van der Waals surface area (Å²) in [5.41, 5.74) is 2.80. The van der Waals surface area contributed by atoms with E-state index in [1.165, 1.54) is 23.1 Å². The Hall–Kier alpha value is -2.66. The van der Waals surface area contributed by atoms with E-state index in [-0.39, 0.29) is 18.3 Å². The number of aromatic amines is 1. The Morgan fingerprint density at radius 3 is 2.87 bits per heavy atom. The van der Waals surface area contributed by atoms with Gasteiger partial charge >= 0.3 is 0 Å². The number of fused-ring (bicyclic) bond motifs is 1. The molecule has 0 saturated heterocycles. The number of para-hydroxylation sites is 1. The largest absolute Gasteiger partial charge is 0.361 e. The molecule has 0 aliphatic heterocycles. The Morgan fingerprint density at radius 2 is 2.00 bits per heavy atom. The lowest BCUT2D eigenvalue weighted by Gasteiger charge is -2.06. The van der Waals surface area contributed by atoms with Crippen molar-refractivity contribution >= 4 is 22.5 Å². The normalized spacial score (nSPS) is 10.8. The number of amides is 1. The Balaban J connectivity index is 1.45. The molecule has 0 aliphatic carbocycles. The monoisotopic (exact) mass is 311 g/mol. The van der Waals surface area contributed by atoms with Gasteiger partial charge in [-0.1, -0.05) is 24.3 Å². The number of nitrogens with one attached hydrogen (secondary N) is 3. The van der Waals surface area contributed by atoms with Crippen molar-refractivity contribution < 1.29 is 9.18 Å². The van der Waals surface area contributed by atoms with Gasteiger partial charge in [-0.05, 0) is 42.8 Å². The van der Waals surface area contributed by atoms with Crippen LogP contribution in [0, 0.1) is 5.82 Å². The number of hydrogen-bond acceptors (Lipinski definition) is 2. The fourth-order valence-electron chi connectivity index (χ4n) is 2.53. The highest BCUT2D eigenvalue weighted by atomic mass is 19.1. The summed E-state index contributed by atoms with van der Waals surface area (Å²) in [5.74, 6) is -0.551. The van der Waals surface area contributed by atoms with E-state index in [9.17, 15) is 9.18 Å². The van der Waals surface area contributed by atoms with Crippen LogP contribution in [0.2, 0.25) is 0 Å². The highest BCUT2D eigenvalue weighted by Crippen LogP contribution is 2.17. The molecular formula is C18H18FN3O. The van der Waals surface area contributed by atoms with Crippen LogP contribution >= 0.6 is 0 Å². The zero-order valence-electron chi connectivity index (χ0n) is 12.6. The van der Waals surface area contributed by atoms with Crippen LogP contribution in [0.15, 0.2) is 54.7 Å². The molecule has 1 heterocycles. The van der Waals surface area contributed by atoms with Crippen LogP contribution in [0.25, 0.3) is 10.9 Å². The van der Waals surface area contributed by atoms with Gasteiger partial charge in [0.15, 0.2) is 0 Å². The average Bonchev–Trinajstić information content (AvgIpc) is 2.95. The number of hydrogen-bond donors (Lipinski definition) is 3. The van der Waals surface area contributed by atoms with Crippen LogP contribution in [-0.2, 0) is 11.2 Å². The highest BCUT2D eigenvalue weighted by Gasteiger charge is 2.05.